The first-order chi connectivity index (χ1) is 7.75. The first kappa shape index (κ1) is 10.1. The fraction of sp³-hybridized carbons (Fsp3) is 0.455. The average molecular weight is 237 g/mol. The molecular formula is C11H13ClN4. The molecule has 0 amide bonds. The van der Waals surface area contributed by atoms with E-state index in [1.54, 1.807) is 0 Å². The third-order valence-electron chi connectivity index (χ3n) is 3.06. The van der Waals surface area contributed by atoms with Crippen LogP contribution in [0.5, 0.6) is 0 Å². The summed E-state index contributed by atoms with van der Waals surface area (Å²) in [4.78, 5) is 8.61. The minimum absolute atomic E-state index is 0.413. The number of hydrogen-bond donors (Lipinski definition) is 1. The van der Waals surface area contributed by atoms with Crippen molar-refractivity contribution in [3.8, 4) is 0 Å². The highest BCUT2D eigenvalue weighted by atomic mass is 35.5. The highest BCUT2D eigenvalue weighted by Gasteiger charge is 2.18. The van der Waals surface area contributed by atoms with E-state index in [4.69, 9.17) is 11.6 Å². The predicted octanol–water partition coefficient (Wildman–Crippen LogP) is 2.12. The van der Waals surface area contributed by atoms with Gasteiger partial charge >= 0.3 is 0 Å². The van der Waals surface area contributed by atoms with E-state index >= 15 is 0 Å². The molecule has 1 aliphatic rings. The summed E-state index contributed by atoms with van der Waals surface area (Å²) in [5.74, 6) is 0.671. The SMILES string of the molecule is Cc1nc2ncc(C3CCCN3)cn2c1Cl. The van der Waals surface area contributed by atoms with Crippen LogP contribution in [0, 0.1) is 6.92 Å². The Hall–Kier alpha value is -1.13. The van der Waals surface area contributed by atoms with E-state index in [1.165, 1.54) is 18.4 Å². The van der Waals surface area contributed by atoms with Crippen molar-refractivity contribution in [1.29, 1.82) is 0 Å². The zero-order chi connectivity index (χ0) is 11.1. The number of fused-ring (bicyclic) bond motifs is 1. The lowest BCUT2D eigenvalue weighted by Crippen LogP contribution is -2.13. The highest BCUT2D eigenvalue weighted by Crippen LogP contribution is 2.24. The normalized spacial score (nSPS) is 20.8. The summed E-state index contributed by atoms with van der Waals surface area (Å²) in [6.45, 7) is 2.98. The molecule has 4 nitrogen and oxygen atoms in total. The van der Waals surface area contributed by atoms with E-state index in [9.17, 15) is 0 Å². The van der Waals surface area contributed by atoms with Gasteiger partial charge in [0.25, 0.3) is 0 Å². The average Bonchev–Trinajstić information content (AvgIpc) is 2.89. The summed E-state index contributed by atoms with van der Waals surface area (Å²) in [5, 5.41) is 4.10. The van der Waals surface area contributed by atoms with Gasteiger partial charge < -0.3 is 5.32 Å². The van der Waals surface area contributed by atoms with Crippen molar-refractivity contribution >= 4 is 17.4 Å². The van der Waals surface area contributed by atoms with Gasteiger partial charge in [0.1, 0.15) is 5.15 Å². The standard InChI is InChI=1S/C11H13ClN4/c1-7-10(12)16-6-8(5-14-11(16)15-7)9-3-2-4-13-9/h5-6,9,13H,2-4H2,1H3. The van der Waals surface area contributed by atoms with Crippen molar-refractivity contribution in [2.45, 2.75) is 25.8 Å². The molecule has 1 fully saturated rings. The predicted molar refractivity (Wildman–Crippen MR) is 62.7 cm³/mol. The smallest absolute Gasteiger partial charge is 0.235 e. The highest BCUT2D eigenvalue weighted by molar-refractivity contribution is 6.30. The Bertz CT molecular complexity index is 528. The van der Waals surface area contributed by atoms with Crippen LogP contribution in [0.2, 0.25) is 5.15 Å². The maximum atomic E-state index is 6.16. The number of nitrogens with zero attached hydrogens (tertiary/aromatic N) is 3. The minimum Gasteiger partial charge on any atom is -0.310 e. The van der Waals surface area contributed by atoms with Crippen molar-refractivity contribution in [3.05, 3.63) is 28.8 Å². The van der Waals surface area contributed by atoms with E-state index in [-0.39, 0.29) is 0 Å². The molecule has 0 aliphatic carbocycles. The van der Waals surface area contributed by atoms with Crippen LogP contribution in [0.1, 0.15) is 30.1 Å². The largest absolute Gasteiger partial charge is 0.310 e. The molecule has 0 spiro atoms. The van der Waals surface area contributed by atoms with Gasteiger partial charge in [-0.1, -0.05) is 11.6 Å². The van der Waals surface area contributed by atoms with Gasteiger partial charge in [0.2, 0.25) is 5.78 Å². The van der Waals surface area contributed by atoms with Crippen molar-refractivity contribution < 1.29 is 0 Å². The molecule has 0 radical (unpaired) electrons. The van der Waals surface area contributed by atoms with E-state index in [2.05, 4.69) is 15.3 Å². The lowest BCUT2D eigenvalue weighted by atomic mass is 10.1. The number of hydrogen-bond acceptors (Lipinski definition) is 3. The molecule has 84 valence electrons. The molecule has 0 bridgehead atoms. The number of nitrogens with one attached hydrogen (secondary N) is 1. The summed E-state index contributed by atoms with van der Waals surface area (Å²) in [6, 6.07) is 0.413. The second-order valence-electron chi connectivity index (χ2n) is 4.19. The van der Waals surface area contributed by atoms with Crippen LogP contribution in [-0.4, -0.2) is 20.9 Å². The number of rotatable bonds is 1. The summed E-state index contributed by atoms with van der Waals surface area (Å²) < 4.78 is 1.85. The van der Waals surface area contributed by atoms with Crippen molar-refractivity contribution in [3.63, 3.8) is 0 Å². The maximum absolute atomic E-state index is 6.16. The molecule has 1 N–H and O–H groups in total. The summed E-state index contributed by atoms with van der Waals surface area (Å²) in [6.07, 6.45) is 6.31. The molecule has 1 saturated heterocycles. The minimum atomic E-state index is 0.413. The van der Waals surface area contributed by atoms with Gasteiger partial charge in [0.05, 0.1) is 5.69 Å². The van der Waals surface area contributed by atoms with Gasteiger partial charge in [-0.25, -0.2) is 9.97 Å². The summed E-state index contributed by atoms with van der Waals surface area (Å²) >= 11 is 6.16. The molecule has 5 heteroatoms. The third-order valence-corrected chi connectivity index (χ3v) is 3.52. The van der Waals surface area contributed by atoms with E-state index in [1.807, 2.05) is 23.7 Å². The zero-order valence-electron chi connectivity index (χ0n) is 9.07. The molecule has 0 aromatic carbocycles. The molecule has 2 aromatic heterocycles. The molecule has 0 saturated carbocycles. The molecule has 1 atom stereocenters. The van der Waals surface area contributed by atoms with Crippen molar-refractivity contribution in [1.82, 2.24) is 19.7 Å². The Labute approximate surface area is 98.7 Å². The molecule has 16 heavy (non-hydrogen) atoms. The Morgan fingerprint density at radius 1 is 1.56 bits per heavy atom. The van der Waals surface area contributed by atoms with Crippen LogP contribution in [0.3, 0.4) is 0 Å². The topological polar surface area (TPSA) is 42.2 Å². The zero-order valence-corrected chi connectivity index (χ0v) is 9.83. The van der Waals surface area contributed by atoms with Gasteiger partial charge in [-0.2, -0.15) is 0 Å². The fourth-order valence-corrected chi connectivity index (χ4v) is 2.35. The van der Waals surface area contributed by atoms with Crippen molar-refractivity contribution in [2.24, 2.45) is 0 Å². The van der Waals surface area contributed by atoms with E-state index < -0.39 is 0 Å². The Morgan fingerprint density at radius 2 is 2.44 bits per heavy atom. The number of aryl methyl sites for hydroxylation is 1. The molecule has 3 rings (SSSR count). The quantitative estimate of drug-likeness (QED) is 0.825. The van der Waals surface area contributed by atoms with Crippen LogP contribution < -0.4 is 5.32 Å². The van der Waals surface area contributed by atoms with Crippen LogP contribution >= 0.6 is 11.6 Å². The Balaban J connectivity index is 2.10. The molecule has 2 aromatic rings. The van der Waals surface area contributed by atoms with Crippen LogP contribution in [0.25, 0.3) is 5.78 Å². The first-order valence-corrected chi connectivity index (χ1v) is 5.87. The first-order valence-electron chi connectivity index (χ1n) is 5.49. The van der Waals surface area contributed by atoms with E-state index in [0.29, 0.717) is 17.0 Å². The third kappa shape index (κ3) is 1.49. The Morgan fingerprint density at radius 3 is 3.19 bits per heavy atom. The van der Waals surface area contributed by atoms with Crippen LogP contribution in [0.15, 0.2) is 12.4 Å². The lowest BCUT2D eigenvalue weighted by molar-refractivity contribution is 0.640. The van der Waals surface area contributed by atoms with Gasteiger partial charge in [0.15, 0.2) is 0 Å². The van der Waals surface area contributed by atoms with Crippen LogP contribution in [0.4, 0.5) is 0 Å². The second kappa shape index (κ2) is 3.71. The number of imidazole rings is 1. The van der Waals surface area contributed by atoms with Gasteiger partial charge in [-0.15, -0.1) is 0 Å². The van der Waals surface area contributed by atoms with Gasteiger partial charge in [-0.05, 0) is 26.3 Å². The number of aromatic nitrogens is 3. The molecule has 1 aliphatic heterocycles. The summed E-state index contributed by atoms with van der Waals surface area (Å²) in [7, 11) is 0. The molecule has 1 unspecified atom stereocenters. The fourth-order valence-electron chi connectivity index (χ4n) is 2.18. The van der Waals surface area contributed by atoms with Gasteiger partial charge in [-0.3, -0.25) is 4.40 Å². The molecular weight excluding hydrogens is 224 g/mol. The summed E-state index contributed by atoms with van der Waals surface area (Å²) in [5.41, 5.74) is 2.01. The second-order valence-corrected chi connectivity index (χ2v) is 4.55. The van der Waals surface area contributed by atoms with Crippen LogP contribution in [-0.2, 0) is 0 Å². The maximum Gasteiger partial charge on any atom is 0.235 e. The Kier molecular flexibility index (Phi) is 2.33. The monoisotopic (exact) mass is 236 g/mol. The molecule has 3 heterocycles. The number of halogens is 1. The lowest BCUT2D eigenvalue weighted by Gasteiger charge is -2.09. The van der Waals surface area contributed by atoms with Gasteiger partial charge in [0, 0.05) is 24.0 Å². The van der Waals surface area contributed by atoms with E-state index in [0.717, 1.165) is 12.2 Å². The van der Waals surface area contributed by atoms with Crippen molar-refractivity contribution in [2.75, 3.05) is 6.54 Å².